The van der Waals surface area contributed by atoms with E-state index in [0.717, 1.165) is 19.4 Å². The summed E-state index contributed by atoms with van der Waals surface area (Å²) in [6.07, 6.45) is 3.58. The molecule has 1 aromatic rings. The Morgan fingerprint density at radius 2 is 2.32 bits per heavy atom. The van der Waals surface area contributed by atoms with Crippen LogP contribution >= 0.6 is 0 Å². The first kappa shape index (κ1) is 14.5. The molecule has 108 valence electrons. The number of nitrogens with one attached hydrogen (secondary N) is 1. The predicted octanol–water partition coefficient (Wildman–Crippen LogP) is 0.222. The lowest BCUT2D eigenvalue weighted by molar-refractivity contribution is 0.271. The van der Waals surface area contributed by atoms with Crippen molar-refractivity contribution in [1.82, 2.24) is 14.2 Å². The number of aromatic amines is 1. The van der Waals surface area contributed by atoms with E-state index in [-0.39, 0.29) is 17.5 Å². The van der Waals surface area contributed by atoms with E-state index in [0.29, 0.717) is 12.2 Å². The molecule has 0 amide bonds. The summed E-state index contributed by atoms with van der Waals surface area (Å²) in [7, 11) is 0.156. The summed E-state index contributed by atoms with van der Waals surface area (Å²) < 4.78 is 26.1. The highest BCUT2D eigenvalue weighted by atomic mass is 32.2. The summed E-state index contributed by atoms with van der Waals surface area (Å²) >= 11 is 0. The summed E-state index contributed by atoms with van der Waals surface area (Å²) in [6, 6.07) is 1.76. The average Bonchev–Trinajstić information content (AvgIpc) is 2.99. The van der Waals surface area contributed by atoms with E-state index in [2.05, 4.69) is 9.88 Å². The summed E-state index contributed by atoms with van der Waals surface area (Å²) in [6.45, 7) is 1.33. The fourth-order valence-electron chi connectivity index (χ4n) is 2.44. The minimum atomic E-state index is -3.47. The van der Waals surface area contributed by atoms with Crippen molar-refractivity contribution in [3.63, 3.8) is 0 Å². The van der Waals surface area contributed by atoms with Crippen LogP contribution in [0.4, 0.5) is 0 Å². The maximum absolute atomic E-state index is 12.4. The number of nitrogens with zero attached hydrogens (tertiary/aromatic N) is 2. The zero-order valence-electron chi connectivity index (χ0n) is 11.3. The first-order valence-corrected chi connectivity index (χ1v) is 7.84. The van der Waals surface area contributed by atoms with Crippen LogP contribution in [0.3, 0.4) is 0 Å². The SMILES string of the molecule is CN1CCCC1CN(C)S(=O)(=O)c1c[nH]c(CO)c1. The second-order valence-electron chi connectivity index (χ2n) is 5.08. The molecule has 0 spiro atoms. The molecular weight excluding hydrogens is 266 g/mol. The molecule has 1 unspecified atom stereocenters. The van der Waals surface area contributed by atoms with Gasteiger partial charge in [0.15, 0.2) is 0 Å². The quantitative estimate of drug-likeness (QED) is 0.812. The Morgan fingerprint density at radius 1 is 1.58 bits per heavy atom. The van der Waals surface area contributed by atoms with Gasteiger partial charge in [-0.1, -0.05) is 0 Å². The highest BCUT2D eigenvalue weighted by molar-refractivity contribution is 7.89. The Morgan fingerprint density at radius 3 is 2.84 bits per heavy atom. The fourth-order valence-corrected chi connectivity index (χ4v) is 3.67. The van der Waals surface area contributed by atoms with Crippen LogP contribution in [0, 0.1) is 0 Å². The van der Waals surface area contributed by atoms with Crippen LogP contribution in [0.1, 0.15) is 18.5 Å². The molecule has 1 aliphatic rings. The summed E-state index contributed by atoms with van der Waals surface area (Å²) in [4.78, 5) is 5.16. The van der Waals surface area contributed by atoms with Gasteiger partial charge >= 0.3 is 0 Å². The Bertz CT molecular complexity index is 526. The van der Waals surface area contributed by atoms with Crippen LogP contribution < -0.4 is 0 Å². The number of aliphatic hydroxyl groups excluding tert-OH is 1. The molecule has 1 aliphatic heterocycles. The molecule has 0 aromatic carbocycles. The molecule has 2 heterocycles. The van der Waals surface area contributed by atoms with E-state index in [9.17, 15) is 8.42 Å². The Balaban J connectivity index is 2.10. The Labute approximate surface area is 114 Å². The number of H-pyrrole nitrogens is 1. The normalized spacial score (nSPS) is 21.4. The molecule has 2 rings (SSSR count). The van der Waals surface area contributed by atoms with Gasteiger partial charge in [-0.2, -0.15) is 4.31 Å². The van der Waals surface area contributed by atoms with Gasteiger partial charge in [0.1, 0.15) is 0 Å². The van der Waals surface area contributed by atoms with Gasteiger partial charge in [0.25, 0.3) is 0 Å². The topological polar surface area (TPSA) is 76.6 Å². The van der Waals surface area contributed by atoms with Gasteiger partial charge in [0.05, 0.1) is 11.5 Å². The molecular formula is C12H21N3O3S. The fraction of sp³-hybridized carbons (Fsp3) is 0.667. The third kappa shape index (κ3) is 3.00. The molecule has 7 heteroatoms. The largest absolute Gasteiger partial charge is 0.390 e. The summed E-state index contributed by atoms with van der Waals surface area (Å²) in [5.74, 6) is 0. The number of rotatable bonds is 5. The van der Waals surface area contributed by atoms with Gasteiger partial charge < -0.3 is 15.0 Å². The van der Waals surface area contributed by atoms with Gasteiger partial charge in [-0.25, -0.2) is 8.42 Å². The van der Waals surface area contributed by atoms with E-state index in [1.54, 1.807) is 7.05 Å². The molecule has 1 saturated heterocycles. The Hall–Kier alpha value is -0.890. The maximum Gasteiger partial charge on any atom is 0.244 e. The van der Waals surface area contributed by atoms with Crippen molar-refractivity contribution in [2.45, 2.75) is 30.4 Å². The van der Waals surface area contributed by atoms with Gasteiger partial charge in [0.2, 0.25) is 10.0 Å². The minimum Gasteiger partial charge on any atom is -0.390 e. The van der Waals surface area contributed by atoms with Gasteiger partial charge in [-0.15, -0.1) is 0 Å². The van der Waals surface area contributed by atoms with Crippen LogP contribution in [0.2, 0.25) is 0 Å². The third-order valence-electron chi connectivity index (χ3n) is 3.73. The zero-order chi connectivity index (χ0) is 14.0. The van der Waals surface area contributed by atoms with Crippen LogP contribution in [0.25, 0.3) is 0 Å². The van der Waals surface area contributed by atoms with Crippen molar-refractivity contribution < 1.29 is 13.5 Å². The number of aromatic nitrogens is 1. The van der Waals surface area contributed by atoms with E-state index < -0.39 is 10.0 Å². The second kappa shape index (κ2) is 5.62. The number of sulfonamides is 1. The molecule has 2 N–H and O–H groups in total. The molecule has 0 radical (unpaired) electrons. The summed E-state index contributed by atoms with van der Waals surface area (Å²) in [5.41, 5.74) is 0.505. The summed E-state index contributed by atoms with van der Waals surface area (Å²) in [5, 5.41) is 8.97. The first-order chi connectivity index (χ1) is 8.95. The van der Waals surface area contributed by atoms with E-state index in [1.807, 2.05) is 7.05 Å². The van der Waals surface area contributed by atoms with Crippen LogP contribution in [0.5, 0.6) is 0 Å². The minimum absolute atomic E-state index is 0.190. The number of likely N-dealkylation sites (N-methyl/N-ethyl adjacent to an activating group) is 2. The van der Waals surface area contributed by atoms with Gasteiger partial charge in [0, 0.05) is 31.5 Å². The second-order valence-corrected chi connectivity index (χ2v) is 7.13. The molecule has 0 bridgehead atoms. The number of likely N-dealkylation sites (tertiary alicyclic amines) is 1. The average molecular weight is 287 g/mol. The molecule has 0 saturated carbocycles. The highest BCUT2D eigenvalue weighted by Gasteiger charge is 2.28. The van der Waals surface area contributed by atoms with Crippen LogP contribution in [0.15, 0.2) is 17.2 Å². The highest BCUT2D eigenvalue weighted by Crippen LogP contribution is 2.20. The van der Waals surface area contributed by atoms with Crippen LogP contribution in [-0.2, 0) is 16.6 Å². The van der Waals surface area contributed by atoms with Crippen molar-refractivity contribution in [2.75, 3.05) is 27.2 Å². The van der Waals surface area contributed by atoms with Crippen molar-refractivity contribution in [3.05, 3.63) is 18.0 Å². The van der Waals surface area contributed by atoms with Crippen LogP contribution in [-0.4, -0.2) is 60.9 Å². The maximum atomic E-state index is 12.4. The molecule has 6 nitrogen and oxygen atoms in total. The van der Waals surface area contributed by atoms with Gasteiger partial charge in [-0.3, -0.25) is 0 Å². The predicted molar refractivity (Wildman–Crippen MR) is 72.2 cm³/mol. The van der Waals surface area contributed by atoms with Crippen molar-refractivity contribution in [3.8, 4) is 0 Å². The van der Waals surface area contributed by atoms with Crippen molar-refractivity contribution in [2.24, 2.45) is 0 Å². The Kier molecular flexibility index (Phi) is 4.29. The molecule has 19 heavy (non-hydrogen) atoms. The van der Waals surface area contributed by atoms with E-state index in [1.165, 1.54) is 16.6 Å². The molecule has 1 fully saturated rings. The lowest BCUT2D eigenvalue weighted by Gasteiger charge is -2.25. The monoisotopic (exact) mass is 287 g/mol. The lowest BCUT2D eigenvalue weighted by atomic mass is 10.2. The smallest absolute Gasteiger partial charge is 0.244 e. The lowest BCUT2D eigenvalue weighted by Crippen LogP contribution is -2.39. The first-order valence-electron chi connectivity index (χ1n) is 6.40. The number of hydrogen-bond acceptors (Lipinski definition) is 4. The van der Waals surface area contributed by atoms with Crippen molar-refractivity contribution >= 4 is 10.0 Å². The van der Waals surface area contributed by atoms with E-state index in [4.69, 9.17) is 5.11 Å². The molecule has 1 aromatic heterocycles. The molecule has 1 atom stereocenters. The zero-order valence-corrected chi connectivity index (χ0v) is 12.2. The third-order valence-corrected chi connectivity index (χ3v) is 5.54. The van der Waals surface area contributed by atoms with Crippen molar-refractivity contribution in [1.29, 1.82) is 0 Å². The number of aliphatic hydroxyl groups is 1. The standard InChI is InChI=1S/C12H21N3O3S/c1-14-5-3-4-11(14)8-15(2)19(17,18)12-6-10(9-16)13-7-12/h6-7,11,13,16H,3-5,8-9H2,1-2H3. The van der Waals surface area contributed by atoms with E-state index >= 15 is 0 Å². The number of hydrogen-bond donors (Lipinski definition) is 2. The molecule has 0 aliphatic carbocycles. The van der Waals surface area contributed by atoms with Gasteiger partial charge in [-0.05, 0) is 32.5 Å².